The van der Waals surface area contributed by atoms with E-state index < -0.39 is 0 Å². The molecule has 1 fully saturated rings. The van der Waals surface area contributed by atoms with Gasteiger partial charge in [-0.1, -0.05) is 37.3 Å². The molecule has 4 rings (SSSR count). The van der Waals surface area contributed by atoms with Crippen LogP contribution in [0, 0.1) is 5.92 Å². The fourth-order valence-electron chi connectivity index (χ4n) is 3.95. The Kier molecular flexibility index (Phi) is 9.50. The first-order chi connectivity index (χ1) is 11.8. The molecule has 0 aliphatic carbocycles. The minimum atomic E-state index is 0. The van der Waals surface area contributed by atoms with Gasteiger partial charge in [-0.3, -0.25) is 0 Å². The highest BCUT2D eigenvalue weighted by Crippen LogP contribution is 2.35. The van der Waals surface area contributed by atoms with Crippen molar-refractivity contribution in [1.29, 1.82) is 0 Å². The zero-order valence-corrected chi connectivity index (χ0v) is 17.1. The number of aromatic nitrogens is 1. The van der Waals surface area contributed by atoms with Crippen molar-refractivity contribution in [3.8, 4) is 0 Å². The Hall–Kier alpha value is -1.37. The number of rotatable bonds is 3. The van der Waals surface area contributed by atoms with Crippen molar-refractivity contribution < 1.29 is 10.2 Å². The Labute approximate surface area is 173 Å². The van der Waals surface area contributed by atoms with Gasteiger partial charge in [-0.15, -0.1) is 24.8 Å². The number of nitrogens with one attached hydrogen (secondary N) is 1. The summed E-state index contributed by atoms with van der Waals surface area (Å²) in [7, 11) is 0. The monoisotopic (exact) mass is 413 g/mol. The molecule has 0 saturated carbocycles. The summed E-state index contributed by atoms with van der Waals surface area (Å²) in [6.07, 6.45) is 3.07. The van der Waals surface area contributed by atoms with E-state index in [1.807, 2.05) is 12.3 Å². The highest BCUT2D eigenvalue weighted by Gasteiger charge is 2.33. The van der Waals surface area contributed by atoms with Crippen molar-refractivity contribution in [2.75, 3.05) is 31.1 Å². The molecule has 2 aromatic rings. The first-order valence-electron chi connectivity index (χ1n) is 8.91. The summed E-state index contributed by atoms with van der Waals surface area (Å²) in [4.78, 5) is 6.89. The number of nitrogens with zero attached hydrogens (tertiary/aromatic N) is 2. The molecule has 3 unspecified atom stereocenters. The van der Waals surface area contributed by atoms with Gasteiger partial charge in [0.05, 0.1) is 12.7 Å². The minimum Gasteiger partial charge on any atom is -0.412 e. The van der Waals surface area contributed by atoms with Crippen LogP contribution < -0.4 is 10.2 Å². The highest BCUT2D eigenvalue weighted by atomic mass is 35.5. The molecule has 3 heterocycles. The van der Waals surface area contributed by atoms with Crippen LogP contribution in [0.4, 0.5) is 5.82 Å². The maximum absolute atomic E-state index is 6.19. The van der Waals surface area contributed by atoms with Crippen LogP contribution in [0.5, 0.6) is 0 Å². The number of ether oxygens (including phenoxy) is 1. The molecule has 7 heteroatoms. The molecule has 1 aromatic carbocycles. The van der Waals surface area contributed by atoms with Gasteiger partial charge in [0.2, 0.25) is 0 Å². The van der Waals surface area contributed by atoms with Crippen LogP contribution in [0.2, 0.25) is 0 Å². The lowest BCUT2D eigenvalue weighted by atomic mass is 9.85. The Bertz CT molecular complexity index is 690. The molecule has 5 nitrogen and oxygen atoms in total. The van der Waals surface area contributed by atoms with Crippen LogP contribution >= 0.6 is 24.8 Å². The zero-order valence-electron chi connectivity index (χ0n) is 15.5. The summed E-state index contributed by atoms with van der Waals surface area (Å²) in [5, 5.41) is 3.70. The highest BCUT2D eigenvalue weighted by molar-refractivity contribution is 5.85. The van der Waals surface area contributed by atoms with Crippen molar-refractivity contribution in [3.05, 3.63) is 59.8 Å². The molecule has 150 valence electrons. The summed E-state index contributed by atoms with van der Waals surface area (Å²) in [6, 6.07) is 15.3. The van der Waals surface area contributed by atoms with Gasteiger partial charge in [0.25, 0.3) is 0 Å². The van der Waals surface area contributed by atoms with Crippen LogP contribution in [-0.4, -0.2) is 42.7 Å². The van der Waals surface area contributed by atoms with Crippen LogP contribution in [0.15, 0.2) is 48.7 Å². The Morgan fingerprint density at radius 3 is 2.70 bits per heavy atom. The number of piperazine rings is 1. The zero-order chi connectivity index (χ0) is 16.4. The van der Waals surface area contributed by atoms with Crippen LogP contribution in [-0.2, 0) is 11.2 Å². The van der Waals surface area contributed by atoms with Gasteiger partial charge in [0.1, 0.15) is 5.82 Å². The Morgan fingerprint density at radius 1 is 1.15 bits per heavy atom. The lowest BCUT2D eigenvalue weighted by Crippen LogP contribution is -2.55. The summed E-state index contributed by atoms with van der Waals surface area (Å²) in [5.41, 5.74) is 2.81. The van der Waals surface area contributed by atoms with E-state index in [0.717, 1.165) is 38.5 Å². The third-order valence-corrected chi connectivity index (χ3v) is 5.32. The normalized spacial score (nSPS) is 22.3. The second-order valence-electron chi connectivity index (χ2n) is 6.79. The molecule has 0 spiro atoms. The summed E-state index contributed by atoms with van der Waals surface area (Å²) in [6.45, 7) is 6.09. The molecule has 0 bridgehead atoms. The lowest BCUT2D eigenvalue weighted by Gasteiger charge is -2.41. The average Bonchev–Trinajstić information content (AvgIpc) is 2.68. The number of hydrogen-bond donors (Lipinski definition) is 1. The first-order valence-corrected chi connectivity index (χ1v) is 8.91. The number of benzene rings is 1. The van der Waals surface area contributed by atoms with Gasteiger partial charge in [0.15, 0.2) is 0 Å². The molecule has 0 radical (unpaired) electrons. The number of halogens is 2. The van der Waals surface area contributed by atoms with E-state index in [4.69, 9.17) is 4.74 Å². The van der Waals surface area contributed by atoms with Crippen LogP contribution in [0.3, 0.4) is 0 Å². The van der Waals surface area contributed by atoms with Crippen molar-refractivity contribution in [2.45, 2.75) is 25.5 Å². The van der Waals surface area contributed by atoms with E-state index in [0.29, 0.717) is 12.0 Å². The second-order valence-corrected chi connectivity index (χ2v) is 6.79. The van der Waals surface area contributed by atoms with Crippen LogP contribution in [0.1, 0.15) is 24.2 Å². The van der Waals surface area contributed by atoms with Gasteiger partial charge in [0, 0.05) is 37.8 Å². The molecule has 0 amide bonds. The largest absolute Gasteiger partial charge is 0.412 e. The fraction of sp³-hybridized carbons (Fsp3) is 0.450. The number of anilines is 1. The van der Waals surface area contributed by atoms with Gasteiger partial charge in [-0.05, 0) is 29.7 Å². The number of pyridine rings is 1. The summed E-state index contributed by atoms with van der Waals surface area (Å²) >= 11 is 0. The molecule has 1 aromatic heterocycles. The topological polar surface area (TPSA) is 68.9 Å². The predicted octanol–water partition coefficient (Wildman–Crippen LogP) is 2.83. The molecular formula is C20H29Cl2N3O2. The third kappa shape index (κ3) is 5.12. The van der Waals surface area contributed by atoms with E-state index >= 15 is 0 Å². The Morgan fingerprint density at radius 2 is 1.93 bits per heavy atom. The quantitative estimate of drug-likeness (QED) is 0.839. The average molecular weight is 414 g/mol. The first kappa shape index (κ1) is 23.7. The van der Waals surface area contributed by atoms with Crippen molar-refractivity contribution in [3.63, 3.8) is 0 Å². The molecule has 27 heavy (non-hydrogen) atoms. The molecule has 2 aliphatic rings. The van der Waals surface area contributed by atoms with Crippen molar-refractivity contribution in [2.24, 2.45) is 5.92 Å². The number of hydrogen-bond acceptors (Lipinski definition) is 4. The second kappa shape index (κ2) is 10.8. The maximum atomic E-state index is 6.19. The van der Waals surface area contributed by atoms with Gasteiger partial charge < -0.3 is 20.4 Å². The van der Waals surface area contributed by atoms with Crippen LogP contribution in [0.25, 0.3) is 0 Å². The van der Waals surface area contributed by atoms with E-state index in [1.54, 1.807) is 0 Å². The SMILES string of the molecule is CC(C1CN(c2ccccn2)CCN1)C1OCCc2ccccc21.Cl.Cl.O. The fourth-order valence-corrected chi connectivity index (χ4v) is 3.95. The Balaban J connectivity index is 0.00000121. The molecular weight excluding hydrogens is 385 g/mol. The summed E-state index contributed by atoms with van der Waals surface area (Å²) in [5.74, 6) is 1.49. The standard InChI is InChI=1S/C20H25N3O.2ClH.H2O/c1-15(20-17-7-3-2-6-16(17)9-13-24-20)18-14-23(12-11-21-18)19-8-4-5-10-22-19;;;/h2-8,10,15,18,20-21H,9,11-14H2,1H3;2*1H;1H2. The molecule has 2 aliphatic heterocycles. The van der Waals surface area contributed by atoms with E-state index in [-0.39, 0.29) is 36.4 Å². The summed E-state index contributed by atoms with van der Waals surface area (Å²) < 4.78 is 6.19. The molecule has 1 saturated heterocycles. The van der Waals surface area contributed by atoms with Gasteiger partial charge in [-0.2, -0.15) is 0 Å². The molecule has 3 N–H and O–H groups in total. The van der Waals surface area contributed by atoms with E-state index in [2.05, 4.69) is 58.5 Å². The smallest absolute Gasteiger partial charge is 0.128 e. The van der Waals surface area contributed by atoms with Crippen molar-refractivity contribution in [1.82, 2.24) is 10.3 Å². The molecule has 3 atom stereocenters. The number of fused-ring (bicyclic) bond motifs is 1. The maximum Gasteiger partial charge on any atom is 0.128 e. The lowest BCUT2D eigenvalue weighted by molar-refractivity contribution is -0.00541. The van der Waals surface area contributed by atoms with E-state index in [1.165, 1.54) is 11.1 Å². The minimum absolute atomic E-state index is 0. The van der Waals surface area contributed by atoms with Gasteiger partial charge >= 0.3 is 0 Å². The van der Waals surface area contributed by atoms with E-state index in [9.17, 15) is 0 Å². The van der Waals surface area contributed by atoms with Crippen molar-refractivity contribution >= 4 is 30.6 Å². The predicted molar refractivity (Wildman–Crippen MR) is 114 cm³/mol. The van der Waals surface area contributed by atoms with Gasteiger partial charge in [-0.25, -0.2) is 4.98 Å². The third-order valence-electron chi connectivity index (χ3n) is 5.32.